The van der Waals surface area contributed by atoms with Gasteiger partial charge in [-0.15, -0.1) is 0 Å². The Bertz CT molecular complexity index is 1170. The van der Waals surface area contributed by atoms with Crippen LogP contribution in [0.25, 0.3) is 23.1 Å². The summed E-state index contributed by atoms with van der Waals surface area (Å²) in [6, 6.07) is 12.4. The third-order valence-electron chi connectivity index (χ3n) is 5.94. The minimum Gasteiger partial charge on any atom is -0.370 e. The molecule has 5 N–H and O–H groups in total. The monoisotopic (exact) mass is 448 g/mol. The lowest BCUT2D eigenvalue weighted by molar-refractivity contribution is 0.410. The van der Waals surface area contributed by atoms with Gasteiger partial charge < -0.3 is 16.8 Å². The molecule has 6 nitrogen and oxygen atoms in total. The topological polar surface area (TPSA) is 102 Å². The van der Waals surface area contributed by atoms with Crippen LogP contribution in [0.1, 0.15) is 48.2 Å². The molecule has 1 heterocycles. The van der Waals surface area contributed by atoms with Gasteiger partial charge in [-0.2, -0.15) is 0 Å². The number of nitrogens with two attached hydrogens (primary N) is 2. The number of benzene rings is 2. The molecule has 1 saturated carbocycles. The van der Waals surface area contributed by atoms with Gasteiger partial charge in [0.15, 0.2) is 11.8 Å². The molecule has 166 valence electrons. The molecule has 4 rings (SSSR count). The van der Waals surface area contributed by atoms with Crippen molar-refractivity contribution in [1.82, 2.24) is 9.97 Å². The van der Waals surface area contributed by atoms with Gasteiger partial charge >= 0.3 is 0 Å². The Morgan fingerprint density at radius 2 is 1.81 bits per heavy atom. The molecule has 0 bridgehead atoms. The summed E-state index contributed by atoms with van der Waals surface area (Å²) in [6.07, 6.45) is 7.95. The van der Waals surface area contributed by atoms with Crippen LogP contribution in [-0.4, -0.2) is 28.0 Å². The first-order valence-corrected chi connectivity index (χ1v) is 11.3. The zero-order chi connectivity index (χ0) is 22.7. The van der Waals surface area contributed by atoms with Crippen molar-refractivity contribution in [3.8, 4) is 0 Å². The number of halogens is 1. The van der Waals surface area contributed by atoms with Gasteiger partial charge in [0.2, 0.25) is 0 Å². The molecule has 7 heteroatoms. The van der Waals surface area contributed by atoms with Crippen molar-refractivity contribution in [2.75, 3.05) is 5.32 Å². The zero-order valence-corrected chi connectivity index (χ0v) is 19.2. The molecule has 32 heavy (non-hydrogen) atoms. The third-order valence-corrected chi connectivity index (χ3v) is 6.19. The van der Waals surface area contributed by atoms with Crippen molar-refractivity contribution in [2.24, 2.45) is 16.5 Å². The van der Waals surface area contributed by atoms with Crippen LogP contribution < -0.4 is 16.8 Å². The van der Waals surface area contributed by atoms with E-state index in [0.29, 0.717) is 10.8 Å². The summed E-state index contributed by atoms with van der Waals surface area (Å²) in [5.41, 5.74) is 15.6. The van der Waals surface area contributed by atoms with Crippen LogP contribution in [0, 0.1) is 13.8 Å². The molecule has 3 aromatic rings. The summed E-state index contributed by atoms with van der Waals surface area (Å²) in [5, 5.41) is 5.41. The number of rotatable bonds is 5. The van der Waals surface area contributed by atoms with Crippen molar-refractivity contribution < 1.29 is 0 Å². The molecule has 0 radical (unpaired) electrons. The summed E-state index contributed by atoms with van der Waals surface area (Å²) in [6.45, 7) is 4.22. The number of fused-ring (bicyclic) bond motifs is 1. The number of guanidine groups is 1. The fourth-order valence-electron chi connectivity index (χ4n) is 4.15. The number of aliphatic imine (C=N–C) groups is 1. The number of aromatic nitrogens is 2. The Balaban J connectivity index is 1.67. The molecule has 2 aromatic carbocycles. The lowest BCUT2D eigenvalue weighted by atomic mass is 9.91. The lowest BCUT2D eigenvalue weighted by Crippen LogP contribution is -2.33. The number of aryl methyl sites for hydroxylation is 2. The predicted octanol–water partition coefficient (Wildman–Crippen LogP) is 5.07. The van der Waals surface area contributed by atoms with Gasteiger partial charge in [-0.1, -0.05) is 29.8 Å². The molecular formula is C25H29ClN6. The standard InChI is InChI=1S/C25H29ClN6/c1-15-12-21-22(13-16(15)2)31-23(11-8-17-6-9-18(26)10-7-17)32-24(21)29-19-4-3-5-20(14-19)30-25(27)28/h6-13,19-20H,3-5,14H2,1-2H3,(H4,27,28,30)(H,29,31,32)/b11-8+. The molecule has 2 atom stereocenters. The molecular weight excluding hydrogens is 420 g/mol. The number of hydrogen-bond acceptors (Lipinski definition) is 4. The summed E-state index contributed by atoms with van der Waals surface area (Å²) in [5.74, 6) is 1.67. The predicted molar refractivity (Wildman–Crippen MR) is 135 cm³/mol. The minimum absolute atomic E-state index is 0.146. The highest BCUT2D eigenvalue weighted by molar-refractivity contribution is 6.30. The SMILES string of the molecule is Cc1cc2nc(/C=C/c3ccc(Cl)cc3)nc(NC3CCCC(N=C(N)N)C3)c2cc1C. The van der Waals surface area contributed by atoms with Crippen LogP contribution in [0.2, 0.25) is 5.02 Å². The Morgan fingerprint density at radius 3 is 2.56 bits per heavy atom. The van der Waals surface area contributed by atoms with E-state index in [2.05, 4.69) is 36.3 Å². The summed E-state index contributed by atoms with van der Waals surface area (Å²) in [7, 11) is 0. The Kier molecular flexibility index (Phi) is 6.61. The first-order chi connectivity index (χ1) is 15.4. The van der Waals surface area contributed by atoms with Crippen LogP contribution in [0.4, 0.5) is 5.82 Å². The van der Waals surface area contributed by atoms with Gasteiger partial charge in [0.25, 0.3) is 0 Å². The second-order valence-electron chi connectivity index (χ2n) is 8.48. The molecule has 0 amide bonds. The van der Waals surface area contributed by atoms with E-state index in [1.54, 1.807) is 0 Å². The van der Waals surface area contributed by atoms with E-state index in [1.165, 1.54) is 11.1 Å². The minimum atomic E-state index is 0.146. The van der Waals surface area contributed by atoms with E-state index in [0.717, 1.165) is 48.0 Å². The quantitative estimate of drug-likeness (QED) is 0.373. The highest BCUT2D eigenvalue weighted by Crippen LogP contribution is 2.29. The molecule has 1 fully saturated rings. The zero-order valence-electron chi connectivity index (χ0n) is 18.5. The van der Waals surface area contributed by atoms with Crippen LogP contribution in [-0.2, 0) is 0 Å². The lowest BCUT2D eigenvalue weighted by Gasteiger charge is -2.28. The summed E-state index contributed by atoms with van der Waals surface area (Å²) >= 11 is 5.99. The third kappa shape index (κ3) is 5.37. The van der Waals surface area contributed by atoms with Gasteiger partial charge in [-0.25, -0.2) is 9.97 Å². The number of anilines is 1. The first-order valence-electron chi connectivity index (χ1n) is 11.0. The molecule has 0 spiro atoms. The van der Waals surface area contributed by atoms with Gasteiger partial charge in [0.05, 0.1) is 11.6 Å². The maximum atomic E-state index is 5.99. The van der Waals surface area contributed by atoms with Crippen LogP contribution in [0.15, 0.2) is 41.4 Å². The Labute approximate surface area is 193 Å². The largest absolute Gasteiger partial charge is 0.370 e. The van der Waals surface area contributed by atoms with E-state index >= 15 is 0 Å². The summed E-state index contributed by atoms with van der Waals surface area (Å²) in [4.78, 5) is 14.0. The molecule has 1 aromatic heterocycles. The number of nitrogens with one attached hydrogen (secondary N) is 1. The Hall–Kier alpha value is -3.12. The Morgan fingerprint density at radius 1 is 1.06 bits per heavy atom. The maximum Gasteiger partial charge on any atom is 0.186 e. The van der Waals surface area contributed by atoms with Gasteiger partial charge in [-0.05, 0) is 86.6 Å². The second kappa shape index (κ2) is 9.57. The molecule has 1 aliphatic carbocycles. The second-order valence-corrected chi connectivity index (χ2v) is 8.92. The van der Waals surface area contributed by atoms with Crippen molar-refractivity contribution in [2.45, 2.75) is 51.6 Å². The van der Waals surface area contributed by atoms with E-state index in [-0.39, 0.29) is 18.0 Å². The molecule has 2 unspecified atom stereocenters. The van der Waals surface area contributed by atoms with E-state index in [1.807, 2.05) is 36.4 Å². The fourth-order valence-corrected chi connectivity index (χ4v) is 4.28. The van der Waals surface area contributed by atoms with Gasteiger partial charge in [0, 0.05) is 16.5 Å². The fraction of sp³-hybridized carbons (Fsp3) is 0.320. The van der Waals surface area contributed by atoms with Crippen molar-refractivity contribution in [1.29, 1.82) is 0 Å². The number of hydrogen-bond donors (Lipinski definition) is 3. The average molecular weight is 449 g/mol. The first kappa shape index (κ1) is 22.1. The van der Waals surface area contributed by atoms with Crippen LogP contribution >= 0.6 is 11.6 Å². The summed E-state index contributed by atoms with van der Waals surface area (Å²) < 4.78 is 0. The van der Waals surface area contributed by atoms with E-state index in [4.69, 9.17) is 33.0 Å². The van der Waals surface area contributed by atoms with Gasteiger partial charge in [0.1, 0.15) is 5.82 Å². The average Bonchev–Trinajstić information content (AvgIpc) is 2.74. The maximum absolute atomic E-state index is 5.99. The van der Waals surface area contributed by atoms with Crippen LogP contribution in [0.3, 0.4) is 0 Å². The number of nitrogens with zero attached hydrogens (tertiary/aromatic N) is 3. The smallest absolute Gasteiger partial charge is 0.186 e. The molecule has 0 saturated heterocycles. The van der Waals surface area contributed by atoms with E-state index in [9.17, 15) is 0 Å². The van der Waals surface area contributed by atoms with Crippen molar-refractivity contribution >= 4 is 46.4 Å². The van der Waals surface area contributed by atoms with E-state index < -0.39 is 0 Å². The van der Waals surface area contributed by atoms with Gasteiger partial charge in [-0.3, -0.25) is 4.99 Å². The van der Waals surface area contributed by atoms with Crippen molar-refractivity contribution in [3.63, 3.8) is 0 Å². The normalized spacial score (nSPS) is 18.7. The molecule has 1 aliphatic rings. The highest BCUT2D eigenvalue weighted by atomic mass is 35.5. The molecule has 0 aliphatic heterocycles. The van der Waals surface area contributed by atoms with Crippen molar-refractivity contribution in [3.05, 3.63) is 63.9 Å². The van der Waals surface area contributed by atoms with Crippen LogP contribution in [0.5, 0.6) is 0 Å². The highest BCUT2D eigenvalue weighted by Gasteiger charge is 2.23.